The zero-order chi connectivity index (χ0) is 9.26. The second kappa shape index (κ2) is 3.17. The van der Waals surface area contributed by atoms with E-state index in [1.807, 2.05) is 6.20 Å². The predicted octanol–water partition coefficient (Wildman–Crippen LogP) is 1.93. The molecule has 0 aliphatic carbocycles. The molecule has 0 saturated carbocycles. The van der Waals surface area contributed by atoms with Crippen LogP contribution in [0.2, 0.25) is 0 Å². The highest BCUT2D eigenvalue weighted by atomic mass is 15.4. The van der Waals surface area contributed by atoms with Gasteiger partial charge in [0.15, 0.2) is 0 Å². The standard InChI is InChI=1S/C10H13N3/c1-8(2)5-9-3-4-13-10(6-9)7-11-12-13/h3-4,6-8H,5H2,1-2H3. The minimum atomic E-state index is 0.693. The van der Waals surface area contributed by atoms with Crippen molar-refractivity contribution >= 4 is 5.52 Å². The van der Waals surface area contributed by atoms with E-state index in [2.05, 4.69) is 36.3 Å². The van der Waals surface area contributed by atoms with Crippen molar-refractivity contribution in [2.24, 2.45) is 5.92 Å². The van der Waals surface area contributed by atoms with Crippen LogP contribution in [0.4, 0.5) is 0 Å². The third-order valence-corrected chi connectivity index (χ3v) is 2.01. The lowest BCUT2D eigenvalue weighted by Crippen LogP contribution is -1.95. The van der Waals surface area contributed by atoms with Crippen LogP contribution >= 0.6 is 0 Å². The summed E-state index contributed by atoms with van der Waals surface area (Å²) in [4.78, 5) is 0. The quantitative estimate of drug-likeness (QED) is 0.698. The van der Waals surface area contributed by atoms with Gasteiger partial charge in [-0.25, -0.2) is 4.52 Å². The van der Waals surface area contributed by atoms with Crippen LogP contribution in [-0.2, 0) is 6.42 Å². The second-order valence-electron chi connectivity index (χ2n) is 3.74. The van der Waals surface area contributed by atoms with E-state index < -0.39 is 0 Å². The van der Waals surface area contributed by atoms with E-state index in [4.69, 9.17) is 0 Å². The maximum absolute atomic E-state index is 3.91. The second-order valence-corrected chi connectivity index (χ2v) is 3.74. The van der Waals surface area contributed by atoms with Gasteiger partial charge in [0.05, 0.1) is 11.7 Å². The summed E-state index contributed by atoms with van der Waals surface area (Å²) in [7, 11) is 0. The van der Waals surface area contributed by atoms with Crippen molar-refractivity contribution in [1.29, 1.82) is 0 Å². The molecule has 2 rings (SSSR count). The summed E-state index contributed by atoms with van der Waals surface area (Å²) in [6.07, 6.45) is 4.85. The van der Waals surface area contributed by atoms with Crippen LogP contribution < -0.4 is 0 Å². The minimum Gasteiger partial charge on any atom is -0.221 e. The number of nitrogens with zero attached hydrogens (tertiary/aromatic N) is 3. The minimum absolute atomic E-state index is 0.693. The van der Waals surface area contributed by atoms with Gasteiger partial charge in [0.1, 0.15) is 0 Å². The highest BCUT2D eigenvalue weighted by Crippen LogP contribution is 2.10. The fourth-order valence-corrected chi connectivity index (χ4v) is 1.47. The Labute approximate surface area is 77.4 Å². The van der Waals surface area contributed by atoms with Crippen molar-refractivity contribution < 1.29 is 0 Å². The van der Waals surface area contributed by atoms with E-state index in [1.165, 1.54) is 5.56 Å². The van der Waals surface area contributed by atoms with Gasteiger partial charge in [-0.1, -0.05) is 19.1 Å². The average molecular weight is 175 g/mol. The summed E-state index contributed by atoms with van der Waals surface area (Å²) in [5.41, 5.74) is 2.42. The highest BCUT2D eigenvalue weighted by molar-refractivity contribution is 5.45. The molecule has 0 spiro atoms. The number of pyridine rings is 1. The summed E-state index contributed by atoms with van der Waals surface area (Å²) < 4.78 is 1.78. The molecule has 68 valence electrons. The van der Waals surface area contributed by atoms with Gasteiger partial charge in [-0.15, -0.1) is 5.10 Å². The lowest BCUT2D eigenvalue weighted by atomic mass is 10.0. The Morgan fingerprint density at radius 3 is 3.08 bits per heavy atom. The Balaban J connectivity index is 2.37. The first-order chi connectivity index (χ1) is 6.25. The van der Waals surface area contributed by atoms with Crippen LogP contribution in [0, 0.1) is 5.92 Å². The average Bonchev–Trinajstić information content (AvgIpc) is 2.49. The van der Waals surface area contributed by atoms with Gasteiger partial charge in [-0.3, -0.25) is 0 Å². The Kier molecular flexibility index (Phi) is 2.00. The molecule has 0 bridgehead atoms. The molecule has 0 unspecified atom stereocenters. The summed E-state index contributed by atoms with van der Waals surface area (Å²) in [5, 5.41) is 7.74. The van der Waals surface area contributed by atoms with Crippen LogP contribution in [0.15, 0.2) is 24.5 Å². The Morgan fingerprint density at radius 1 is 1.46 bits per heavy atom. The van der Waals surface area contributed by atoms with Crippen molar-refractivity contribution in [1.82, 2.24) is 14.8 Å². The molecule has 0 atom stereocenters. The van der Waals surface area contributed by atoms with Gasteiger partial charge in [0, 0.05) is 6.20 Å². The highest BCUT2D eigenvalue weighted by Gasteiger charge is 1.99. The molecule has 2 aromatic heterocycles. The van der Waals surface area contributed by atoms with E-state index in [0.29, 0.717) is 5.92 Å². The Hall–Kier alpha value is -1.38. The molecule has 0 fully saturated rings. The smallest absolute Gasteiger partial charge is 0.0867 e. The first kappa shape index (κ1) is 8.23. The lowest BCUT2D eigenvalue weighted by molar-refractivity contribution is 0.646. The van der Waals surface area contributed by atoms with Gasteiger partial charge >= 0.3 is 0 Å². The predicted molar refractivity (Wildman–Crippen MR) is 51.5 cm³/mol. The number of aromatic nitrogens is 3. The van der Waals surface area contributed by atoms with E-state index >= 15 is 0 Å². The van der Waals surface area contributed by atoms with Crippen molar-refractivity contribution in [2.45, 2.75) is 20.3 Å². The number of fused-ring (bicyclic) bond motifs is 1. The van der Waals surface area contributed by atoms with Crippen molar-refractivity contribution in [3.8, 4) is 0 Å². The third-order valence-electron chi connectivity index (χ3n) is 2.01. The zero-order valence-corrected chi connectivity index (χ0v) is 7.94. The van der Waals surface area contributed by atoms with E-state index in [-0.39, 0.29) is 0 Å². The fourth-order valence-electron chi connectivity index (χ4n) is 1.47. The van der Waals surface area contributed by atoms with Crippen molar-refractivity contribution in [2.75, 3.05) is 0 Å². The molecule has 0 aliphatic rings. The number of rotatable bonds is 2. The molecule has 3 heteroatoms. The topological polar surface area (TPSA) is 30.2 Å². The number of hydrogen-bond acceptors (Lipinski definition) is 2. The van der Waals surface area contributed by atoms with Crippen LogP contribution in [0.1, 0.15) is 19.4 Å². The molecule has 3 nitrogen and oxygen atoms in total. The molecule has 0 aromatic carbocycles. The summed E-state index contributed by atoms with van der Waals surface area (Å²) in [6, 6.07) is 4.24. The largest absolute Gasteiger partial charge is 0.221 e. The van der Waals surface area contributed by atoms with E-state index in [9.17, 15) is 0 Å². The monoisotopic (exact) mass is 175 g/mol. The van der Waals surface area contributed by atoms with Crippen molar-refractivity contribution in [3.63, 3.8) is 0 Å². The molecule has 0 N–H and O–H groups in total. The van der Waals surface area contributed by atoms with Crippen LogP contribution in [0.5, 0.6) is 0 Å². The maximum Gasteiger partial charge on any atom is 0.0867 e. The Morgan fingerprint density at radius 2 is 2.31 bits per heavy atom. The SMILES string of the molecule is CC(C)Cc1ccn2nncc2c1. The first-order valence-corrected chi connectivity index (χ1v) is 4.54. The zero-order valence-electron chi connectivity index (χ0n) is 7.94. The molecular weight excluding hydrogens is 162 g/mol. The molecule has 0 radical (unpaired) electrons. The maximum atomic E-state index is 3.91. The van der Waals surface area contributed by atoms with Gasteiger partial charge in [-0.2, -0.15) is 0 Å². The molecule has 0 saturated heterocycles. The first-order valence-electron chi connectivity index (χ1n) is 4.54. The molecular formula is C10H13N3. The third kappa shape index (κ3) is 1.69. The Bertz CT molecular complexity index is 403. The van der Waals surface area contributed by atoms with Crippen LogP contribution in [0.3, 0.4) is 0 Å². The van der Waals surface area contributed by atoms with E-state index in [1.54, 1.807) is 10.7 Å². The van der Waals surface area contributed by atoms with Gasteiger partial charge in [-0.05, 0) is 30.0 Å². The van der Waals surface area contributed by atoms with E-state index in [0.717, 1.165) is 11.9 Å². The van der Waals surface area contributed by atoms with Gasteiger partial charge in [0.2, 0.25) is 0 Å². The van der Waals surface area contributed by atoms with Crippen LogP contribution in [0.25, 0.3) is 5.52 Å². The lowest BCUT2D eigenvalue weighted by Gasteiger charge is -2.04. The summed E-state index contributed by atoms with van der Waals surface area (Å²) in [5.74, 6) is 0.693. The van der Waals surface area contributed by atoms with Gasteiger partial charge < -0.3 is 0 Å². The summed E-state index contributed by atoms with van der Waals surface area (Å²) in [6.45, 7) is 4.44. The molecule has 2 heterocycles. The number of hydrogen-bond donors (Lipinski definition) is 0. The molecule has 2 aromatic rings. The van der Waals surface area contributed by atoms with Crippen LogP contribution in [-0.4, -0.2) is 14.8 Å². The normalized spacial score (nSPS) is 11.3. The van der Waals surface area contributed by atoms with Crippen molar-refractivity contribution in [3.05, 3.63) is 30.1 Å². The fraction of sp³-hybridized carbons (Fsp3) is 0.400. The molecule has 13 heavy (non-hydrogen) atoms. The summed E-state index contributed by atoms with van der Waals surface area (Å²) >= 11 is 0. The molecule has 0 aliphatic heterocycles. The molecule has 0 amide bonds. The van der Waals surface area contributed by atoms with Gasteiger partial charge in [0.25, 0.3) is 0 Å².